The van der Waals surface area contributed by atoms with Crippen molar-refractivity contribution in [2.24, 2.45) is 0 Å². The van der Waals surface area contributed by atoms with Gasteiger partial charge in [-0.05, 0) is 0 Å². The number of allylic oxidation sites excluding steroid dienone is 4. The van der Waals surface area contributed by atoms with Crippen molar-refractivity contribution in [3.05, 3.63) is 23.8 Å². The third-order valence-corrected chi connectivity index (χ3v) is 0.872. The van der Waals surface area contributed by atoms with Crippen molar-refractivity contribution in [1.82, 2.24) is 0 Å². The van der Waals surface area contributed by atoms with Crippen LogP contribution in [0.3, 0.4) is 0 Å². The third-order valence-electron chi connectivity index (χ3n) is 0.872. The smallest absolute Gasteiger partial charge is 0 e. The van der Waals surface area contributed by atoms with Gasteiger partial charge in [0.2, 0.25) is 0 Å². The fourth-order valence-corrected chi connectivity index (χ4v) is 0.499. The maximum absolute atomic E-state index is 3.05. The van der Waals surface area contributed by atoms with Crippen LogP contribution in [0.2, 0.25) is 0 Å². The van der Waals surface area contributed by atoms with Crippen LogP contribution in [0.5, 0.6) is 0 Å². The summed E-state index contributed by atoms with van der Waals surface area (Å²) in [5.41, 5.74) is 1.34. The SMILES string of the molecule is CC.CC1=CC[C-]=C1.Cl.[Ti]. The van der Waals surface area contributed by atoms with Gasteiger partial charge in [-0.1, -0.05) is 13.8 Å². The Morgan fingerprint density at radius 1 is 1.40 bits per heavy atom. The molecule has 0 aromatic carbocycles. The molecule has 0 fully saturated rings. The molecule has 0 amide bonds. The predicted molar refractivity (Wildman–Crippen MR) is 44.8 cm³/mol. The Morgan fingerprint density at radius 2 is 1.90 bits per heavy atom. The molecule has 0 saturated carbocycles. The zero-order valence-electron chi connectivity index (χ0n) is 6.77. The van der Waals surface area contributed by atoms with E-state index in [1.165, 1.54) is 5.57 Å². The topological polar surface area (TPSA) is 0 Å². The first-order valence-corrected chi connectivity index (χ1v) is 3.13. The molecule has 0 aromatic heterocycles. The molecule has 0 aliphatic heterocycles. The summed E-state index contributed by atoms with van der Waals surface area (Å²) in [4.78, 5) is 0. The summed E-state index contributed by atoms with van der Waals surface area (Å²) in [5, 5.41) is 0. The van der Waals surface area contributed by atoms with Crippen LogP contribution in [0.4, 0.5) is 0 Å². The van der Waals surface area contributed by atoms with E-state index in [2.05, 4.69) is 19.1 Å². The Morgan fingerprint density at radius 3 is 2.00 bits per heavy atom. The predicted octanol–water partition coefficient (Wildman–Crippen LogP) is 3.14. The summed E-state index contributed by atoms with van der Waals surface area (Å²) >= 11 is 0. The van der Waals surface area contributed by atoms with E-state index in [0.717, 1.165) is 6.42 Å². The zero-order valence-corrected chi connectivity index (χ0v) is 9.15. The molecule has 58 valence electrons. The molecule has 0 aromatic rings. The van der Waals surface area contributed by atoms with Crippen molar-refractivity contribution in [3.63, 3.8) is 0 Å². The minimum atomic E-state index is 0. The van der Waals surface area contributed by atoms with Crippen molar-refractivity contribution >= 4 is 12.4 Å². The average Bonchev–Trinajstić information content (AvgIpc) is 2.24. The number of hydrogen-bond donors (Lipinski definition) is 0. The van der Waals surface area contributed by atoms with Crippen molar-refractivity contribution in [3.8, 4) is 0 Å². The Balaban J connectivity index is -0.000000114. The second-order valence-electron chi connectivity index (χ2n) is 1.50. The zero-order chi connectivity index (χ0) is 6.41. The van der Waals surface area contributed by atoms with E-state index in [0.29, 0.717) is 0 Å². The second-order valence-corrected chi connectivity index (χ2v) is 1.50. The van der Waals surface area contributed by atoms with Crippen LogP contribution in [-0.2, 0) is 21.7 Å². The summed E-state index contributed by atoms with van der Waals surface area (Å²) in [7, 11) is 0. The van der Waals surface area contributed by atoms with E-state index in [1.807, 2.05) is 19.9 Å². The van der Waals surface area contributed by atoms with Crippen LogP contribution < -0.4 is 0 Å². The molecule has 0 nitrogen and oxygen atoms in total. The monoisotopic (exact) mass is 193 g/mol. The van der Waals surface area contributed by atoms with E-state index < -0.39 is 0 Å². The Labute approximate surface area is 85.1 Å². The number of rotatable bonds is 0. The van der Waals surface area contributed by atoms with E-state index in [9.17, 15) is 0 Å². The molecule has 0 bridgehead atoms. The average molecular weight is 194 g/mol. The second kappa shape index (κ2) is 12.2. The molecule has 0 N–H and O–H groups in total. The Hall–Kier alpha value is 0.484. The standard InChI is InChI=1S/C6H7.C2H6.ClH.Ti/c1-6-4-2-3-5-6;1-2;;/h4-5H,2H2,1H3;1-2H3;1H;/q-1;;;. The van der Waals surface area contributed by atoms with Gasteiger partial charge in [-0.15, -0.1) is 25.8 Å². The molecule has 0 unspecified atom stereocenters. The molecule has 1 rings (SSSR count). The normalized spacial score (nSPS) is 11.7. The van der Waals surface area contributed by atoms with Crippen molar-refractivity contribution in [2.45, 2.75) is 27.2 Å². The van der Waals surface area contributed by atoms with Gasteiger partial charge in [0.05, 0.1) is 0 Å². The van der Waals surface area contributed by atoms with E-state index in [4.69, 9.17) is 0 Å². The summed E-state index contributed by atoms with van der Waals surface area (Å²) in [5.74, 6) is 0. The minimum absolute atomic E-state index is 0. The van der Waals surface area contributed by atoms with Crippen LogP contribution in [0, 0.1) is 6.08 Å². The number of halogens is 1. The third kappa shape index (κ3) is 8.48. The fraction of sp³-hybridized carbons (Fsp3) is 0.500. The molecule has 0 saturated heterocycles. The van der Waals surface area contributed by atoms with E-state index in [1.54, 1.807) is 0 Å². The molecule has 0 radical (unpaired) electrons. The molecule has 0 heterocycles. The first-order valence-electron chi connectivity index (χ1n) is 3.13. The van der Waals surface area contributed by atoms with Gasteiger partial charge in [-0.2, -0.15) is 6.08 Å². The maximum atomic E-state index is 3.05. The van der Waals surface area contributed by atoms with E-state index >= 15 is 0 Å². The Bertz CT molecular complexity index is 103. The molecular weight excluding hydrogens is 179 g/mol. The first-order chi connectivity index (χ1) is 3.89. The van der Waals surface area contributed by atoms with Gasteiger partial charge in [-0.3, -0.25) is 6.08 Å². The van der Waals surface area contributed by atoms with Gasteiger partial charge in [0.1, 0.15) is 0 Å². The molecule has 0 spiro atoms. The van der Waals surface area contributed by atoms with Gasteiger partial charge < -0.3 is 0 Å². The summed E-state index contributed by atoms with van der Waals surface area (Å²) in [6, 6.07) is 0. The van der Waals surface area contributed by atoms with Crippen molar-refractivity contribution in [2.75, 3.05) is 0 Å². The van der Waals surface area contributed by atoms with Crippen LogP contribution in [0.1, 0.15) is 27.2 Å². The van der Waals surface area contributed by atoms with Crippen molar-refractivity contribution < 1.29 is 21.7 Å². The van der Waals surface area contributed by atoms with Gasteiger partial charge in [0, 0.05) is 21.7 Å². The van der Waals surface area contributed by atoms with Gasteiger partial charge in [0.25, 0.3) is 0 Å². The Kier molecular flexibility index (Phi) is 20.5. The van der Waals surface area contributed by atoms with Gasteiger partial charge in [0.15, 0.2) is 0 Å². The van der Waals surface area contributed by atoms with Crippen molar-refractivity contribution in [1.29, 1.82) is 0 Å². The quantitative estimate of drug-likeness (QED) is 0.410. The van der Waals surface area contributed by atoms with Gasteiger partial charge in [-0.25, -0.2) is 11.6 Å². The summed E-state index contributed by atoms with van der Waals surface area (Å²) in [6.45, 7) is 6.08. The maximum Gasteiger partial charge on any atom is 0 e. The van der Waals surface area contributed by atoms with Gasteiger partial charge >= 0.3 is 0 Å². The summed E-state index contributed by atoms with van der Waals surface area (Å²) in [6.07, 6.45) is 8.24. The van der Waals surface area contributed by atoms with Crippen LogP contribution in [0.25, 0.3) is 0 Å². The largest absolute Gasteiger partial charge is 0.273 e. The summed E-state index contributed by atoms with van der Waals surface area (Å²) < 4.78 is 0. The minimum Gasteiger partial charge on any atom is -0.273 e. The fourth-order valence-electron chi connectivity index (χ4n) is 0.499. The van der Waals surface area contributed by atoms with Crippen LogP contribution in [0.15, 0.2) is 17.7 Å². The molecular formula is C8H14ClTi-. The molecule has 0 atom stereocenters. The first kappa shape index (κ1) is 16.8. The van der Waals surface area contributed by atoms with E-state index in [-0.39, 0.29) is 34.1 Å². The molecule has 2 heteroatoms. The molecule has 10 heavy (non-hydrogen) atoms. The van der Waals surface area contributed by atoms with Crippen LogP contribution >= 0.6 is 12.4 Å². The number of hydrogen-bond acceptors (Lipinski definition) is 0. The molecule has 1 aliphatic carbocycles. The molecule has 1 aliphatic rings. The van der Waals surface area contributed by atoms with Crippen LogP contribution in [-0.4, -0.2) is 0 Å².